The molecule has 0 unspecified atom stereocenters. The zero-order valence-corrected chi connectivity index (χ0v) is 9.18. The molecule has 0 spiro atoms. The van der Waals surface area contributed by atoms with Crippen LogP contribution in [0.1, 0.15) is 34.7 Å². The third-order valence-corrected chi connectivity index (χ3v) is 3.12. The van der Waals surface area contributed by atoms with Crippen LogP contribution in [0.5, 0.6) is 0 Å². The Labute approximate surface area is 98.3 Å². The molecule has 1 heterocycles. The van der Waals surface area contributed by atoms with Gasteiger partial charge in [-0.2, -0.15) is 5.10 Å². The molecule has 1 aliphatic carbocycles. The van der Waals surface area contributed by atoms with Gasteiger partial charge in [0.05, 0.1) is 11.9 Å². The molecule has 0 atom stereocenters. The normalized spacial score (nSPS) is 14.8. The van der Waals surface area contributed by atoms with Crippen molar-refractivity contribution in [1.29, 1.82) is 0 Å². The number of benzene rings is 1. The number of carbonyl (C=O) groups is 1. The summed E-state index contributed by atoms with van der Waals surface area (Å²) in [5.41, 5.74) is 2.98. The average molecular weight is 228 g/mol. The second-order valence-electron chi connectivity index (χ2n) is 4.36. The predicted molar refractivity (Wildman–Crippen MR) is 63.0 cm³/mol. The molecule has 4 nitrogen and oxygen atoms in total. The van der Waals surface area contributed by atoms with Gasteiger partial charge in [-0.1, -0.05) is 24.3 Å². The van der Waals surface area contributed by atoms with Crippen LogP contribution in [0.4, 0.5) is 0 Å². The van der Waals surface area contributed by atoms with Crippen LogP contribution in [0.15, 0.2) is 30.5 Å². The van der Waals surface area contributed by atoms with E-state index >= 15 is 0 Å². The van der Waals surface area contributed by atoms with Gasteiger partial charge in [0.1, 0.15) is 5.56 Å². The van der Waals surface area contributed by atoms with Gasteiger partial charge in [-0.25, -0.2) is 4.79 Å². The predicted octanol–water partition coefficient (Wildman–Crippen LogP) is 2.65. The number of hydrogen-bond donors (Lipinski definition) is 2. The molecule has 4 heteroatoms. The Morgan fingerprint density at radius 2 is 2.00 bits per heavy atom. The molecule has 0 amide bonds. The van der Waals surface area contributed by atoms with Crippen molar-refractivity contribution in [1.82, 2.24) is 10.2 Å². The minimum absolute atomic E-state index is 0.212. The summed E-state index contributed by atoms with van der Waals surface area (Å²) in [5, 5.41) is 15.5. The van der Waals surface area contributed by atoms with Gasteiger partial charge >= 0.3 is 5.97 Å². The first-order chi connectivity index (χ1) is 8.25. The van der Waals surface area contributed by atoms with Gasteiger partial charge in [0.15, 0.2) is 0 Å². The van der Waals surface area contributed by atoms with Crippen LogP contribution in [0.2, 0.25) is 0 Å². The highest BCUT2D eigenvalue weighted by molar-refractivity contribution is 5.94. The molecule has 86 valence electrons. The molecule has 3 rings (SSSR count). The van der Waals surface area contributed by atoms with E-state index in [4.69, 9.17) is 5.11 Å². The molecular formula is C13H12N2O2. The lowest BCUT2D eigenvalue weighted by Gasteiger charge is -2.02. The Balaban J connectivity index is 1.97. The largest absolute Gasteiger partial charge is 0.478 e. The van der Waals surface area contributed by atoms with Gasteiger partial charge in [0.25, 0.3) is 0 Å². The molecule has 1 fully saturated rings. The second-order valence-corrected chi connectivity index (χ2v) is 4.36. The lowest BCUT2D eigenvalue weighted by molar-refractivity contribution is 0.0698. The Morgan fingerprint density at radius 3 is 2.59 bits per heavy atom. The van der Waals surface area contributed by atoms with E-state index in [1.807, 2.05) is 12.1 Å². The molecule has 2 aromatic rings. The quantitative estimate of drug-likeness (QED) is 0.848. The maximum absolute atomic E-state index is 11.0. The van der Waals surface area contributed by atoms with Crippen LogP contribution in [-0.2, 0) is 0 Å². The first-order valence-corrected chi connectivity index (χ1v) is 5.62. The maximum atomic E-state index is 11.0. The molecular weight excluding hydrogens is 216 g/mol. The molecule has 0 radical (unpaired) electrons. The fraction of sp³-hybridized carbons (Fsp3) is 0.231. The third kappa shape index (κ3) is 1.82. The van der Waals surface area contributed by atoms with Gasteiger partial charge in [0, 0.05) is 5.56 Å². The molecule has 0 bridgehead atoms. The van der Waals surface area contributed by atoms with Crippen LogP contribution in [-0.4, -0.2) is 21.3 Å². The minimum atomic E-state index is -0.958. The van der Waals surface area contributed by atoms with Gasteiger partial charge in [-0.15, -0.1) is 0 Å². The lowest BCUT2D eigenvalue weighted by atomic mass is 10.0. The number of carboxylic acids is 1. The fourth-order valence-corrected chi connectivity index (χ4v) is 2.01. The molecule has 0 saturated heterocycles. The summed E-state index contributed by atoms with van der Waals surface area (Å²) in [5.74, 6) is -0.246. The summed E-state index contributed by atoms with van der Waals surface area (Å²) in [6.45, 7) is 0. The van der Waals surface area contributed by atoms with Crippen molar-refractivity contribution in [2.24, 2.45) is 0 Å². The van der Waals surface area contributed by atoms with E-state index in [1.54, 1.807) is 0 Å². The molecule has 1 saturated carbocycles. The number of aromatic nitrogens is 2. The molecule has 17 heavy (non-hydrogen) atoms. The molecule has 1 aromatic carbocycles. The number of rotatable bonds is 3. The highest BCUT2D eigenvalue weighted by Gasteiger charge is 2.23. The van der Waals surface area contributed by atoms with Crippen LogP contribution in [0.3, 0.4) is 0 Å². The molecule has 1 aromatic heterocycles. The summed E-state index contributed by atoms with van der Waals surface area (Å²) in [6.07, 6.45) is 3.88. The van der Waals surface area contributed by atoms with Crippen molar-refractivity contribution >= 4 is 5.97 Å². The zero-order chi connectivity index (χ0) is 11.8. The van der Waals surface area contributed by atoms with E-state index in [0.29, 0.717) is 11.6 Å². The van der Waals surface area contributed by atoms with Crippen molar-refractivity contribution in [2.45, 2.75) is 18.8 Å². The number of aromatic amines is 1. The Kier molecular flexibility index (Phi) is 2.21. The zero-order valence-electron chi connectivity index (χ0n) is 9.18. The van der Waals surface area contributed by atoms with Crippen molar-refractivity contribution < 1.29 is 9.90 Å². The Hall–Kier alpha value is -2.10. The van der Waals surface area contributed by atoms with Crippen molar-refractivity contribution in [3.63, 3.8) is 0 Å². The van der Waals surface area contributed by atoms with E-state index in [0.717, 1.165) is 5.56 Å². The summed E-state index contributed by atoms with van der Waals surface area (Å²) in [7, 11) is 0. The number of carboxylic acid groups (broad SMARTS) is 1. The third-order valence-electron chi connectivity index (χ3n) is 3.12. The smallest absolute Gasteiger partial charge is 0.339 e. The van der Waals surface area contributed by atoms with E-state index in [-0.39, 0.29) is 5.56 Å². The summed E-state index contributed by atoms with van der Waals surface area (Å²) in [4.78, 5) is 11.0. The fourth-order valence-electron chi connectivity index (χ4n) is 2.01. The van der Waals surface area contributed by atoms with Crippen molar-refractivity contribution in [3.05, 3.63) is 41.6 Å². The standard InChI is InChI=1S/C13H12N2O2/c16-13(17)11-7-14-15-12(11)10-5-3-9(4-6-10)8-1-2-8/h3-8H,1-2H2,(H,14,15)(H,16,17). The number of hydrogen-bond acceptors (Lipinski definition) is 2. The van der Waals surface area contributed by atoms with Crippen LogP contribution in [0, 0.1) is 0 Å². The van der Waals surface area contributed by atoms with Crippen LogP contribution in [0.25, 0.3) is 11.3 Å². The van der Waals surface area contributed by atoms with Gasteiger partial charge in [-0.3, -0.25) is 5.10 Å². The monoisotopic (exact) mass is 228 g/mol. The van der Waals surface area contributed by atoms with Gasteiger partial charge < -0.3 is 5.11 Å². The number of aromatic carboxylic acids is 1. The second kappa shape index (κ2) is 3.73. The topological polar surface area (TPSA) is 66.0 Å². The highest BCUT2D eigenvalue weighted by Crippen LogP contribution is 2.40. The molecule has 2 N–H and O–H groups in total. The number of nitrogens with zero attached hydrogens (tertiary/aromatic N) is 1. The summed E-state index contributed by atoms with van der Waals surface area (Å²) >= 11 is 0. The number of H-pyrrole nitrogens is 1. The molecule has 1 aliphatic rings. The summed E-state index contributed by atoms with van der Waals surface area (Å²) in [6, 6.07) is 8.04. The van der Waals surface area contributed by atoms with E-state index < -0.39 is 5.97 Å². The Morgan fingerprint density at radius 1 is 1.29 bits per heavy atom. The van der Waals surface area contributed by atoms with Crippen molar-refractivity contribution in [3.8, 4) is 11.3 Å². The Bertz CT molecular complexity index is 553. The SMILES string of the molecule is O=C(O)c1cn[nH]c1-c1ccc(C2CC2)cc1. The van der Waals surface area contributed by atoms with Gasteiger partial charge in [0.2, 0.25) is 0 Å². The number of nitrogens with one attached hydrogen (secondary N) is 1. The first kappa shape index (κ1) is 10.1. The van der Waals surface area contributed by atoms with Gasteiger partial charge in [-0.05, 0) is 24.3 Å². The van der Waals surface area contributed by atoms with E-state index in [1.165, 1.54) is 24.6 Å². The van der Waals surface area contributed by atoms with Crippen LogP contribution < -0.4 is 0 Å². The van der Waals surface area contributed by atoms with Crippen molar-refractivity contribution in [2.75, 3.05) is 0 Å². The molecule has 0 aliphatic heterocycles. The highest BCUT2D eigenvalue weighted by atomic mass is 16.4. The minimum Gasteiger partial charge on any atom is -0.478 e. The average Bonchev–Trinajstić information content (AvgIpc) is 3.06. The lowest BCUT2D eigenvalue weighted by Crippen LogP contribution is -1.96. The summed E-state index contributed by atoms with van der Waals surface area (Å²) < 4.78 is 0. The van der Waals surface area contributed by atoms with E-state index in [9.17, 15) is 4.79 Å². The first-order valence-electron chi connectivity index (χ1n) is 5.62. The van der Waals surface area contributed by atoms with E-state index in [2.05, 4.69) is 22.3 Å². The maximum Gasteiger partial charge on any atom is 0.339 e. The van der Waals surface area contributed by atoms with Crippen LogP contribution >= 0.6 is 0 Å².